The Morgan fingerprint density at radius 2 is 1.84 bits per heavy atom. The molecule has 5 rings (SSSR count). The van der Waals surface area contributed by atoms with Gasteiger partial charge in [0.15, 0.2) is 5.78 Å². The molecular formula is C24H26F2N2O3. The number of fused-ring (bicyclic) bond motifs is 3. The lowest BCUT2D eigenvalue weighted by atomic mass is 9.72. The number of anilines is 1. The lowest BCUT2D eigenvalue weighted by Crippen LogP contribution is -2.47. The monoisotopic (exact) mass is 428 g/mol. The van der Waals surface area contributed by atoms with Crippen LogP contribution >= 0.6 is 0 Å². The van der Waals surface area contributed by atoms with E-state index in [-0.39, 0.29) is 24.4 Å². The molecule has 0 radical (unpaired) electrons. The molecule has 1 aromatic carbocycles. The number of Topliss-reactive ketones (excluding diaryl/α,β-unsaturated/α-hetero) is 1. The Bertz CT molecular complexity index is 1100. The molecule has 1 atom stereocenters. The number of benzene rings is 1. The fraction of sp³-hybridized carbons (Fsp3) is 0.500. The van der Waals surface area contributed by atoms with E-state index in [4.69, 9.17) is 0 Å². The highest BCUT2D eigenvalue weighted by atomic mass is 19.1. The maximum absolute atomic E-state index is 14.9. The zero-order valence-electron chi connectivity index (χ0n) is 17.3. The molecule has 3 aliphatic rings. The molecule has 1 spiro atoms. The smallest absolute Gasteiger partial charge is 0.252 e. The summed E-state index contributed by atoms with van der Waals surface area (Å²) in [4.78, 5) is 31.0. The summed E-state index contributed by atoms with van der Waals surface area (Å²) in [5.41, 5.74) is 1.61. The molecule has 2 heterocycles. The number of nitrogens with one attached hydrogen (secondary N) is 1. The standard InChI is InChI=1S/C24H26F2N2O3/c25-15-12-18-17(5-10-29)22(30)24(21(18)19(26)13-15)6-8-28(9-7-24)20-11-14-3-1-2-4-16(14)23(31)27-20/h11-13,17,29H,1-10H2,(H,27,31). The molecule has 164 valence electrons. The van der Waals surface area contributed by atoms with Crippen LogP contribution in [0.3, 0.4) is 0 Å². The van der Waals surface area contributed by atoms with Crippen LogP contribution in [0.25, 0.3) is 0 Å². The number of rotatable bonds is 3. The van der Waals surface area contributed by atoms with Crippen molar-refractivity contribution in [1.82, 2.24) is 4.98 Å². The second-order valence-electron chi connectivity index (χ2n) is 9.04. The first-order valence-electron chi connectivity index (χ1n) is 11.1. The number of ketones is 1. The molecule has 5 nitrogen and oxygen atoms in total. The van der Waals surface area contributed by atoms with Crippen molar-refractivity contribution in [3.8, 4) is 0 Å². The van der Waals surface area contributed by atoms with Gasteiger partial charge in [-0.2, -0.15) is 0 Å². The van der Waals surface area contributed by atoms with Crippen molar-refractivity contribution in [2.75, 3.05) is 24.6 Å². The first kappa shape index (κ1) is 20.4. The van der Waals surface area contributed by atoms with Gasteiger partial charge in [-0.25, -0.2) is 8.78 Å². The number of H-pyrrole nitrogens is 1. The number of nitrogens with zero attached hydrogens (tertiary/aromatic N) is 1. The van der Waals surface area contributed by atoms with Crippen molar-refractivity contribution in [2.24, 2.45) is 0 Å². The normalized spacial score (nSPS) is 22.0. The minimum atomic E-state index is -1.00. The molecule has 7 heteroatoms. The molecule has 1 unspecified atom stereocenters. The second kappa shape index (κ2) is 7.55. The number of carbonyl (C=O) groups is 1. The molecule has 2 aromatic rings. The fourth-order valence-corrected chi connectivity index (χ4v) is 5.92. The number of piperidine rings is 1. The molecule has 0 saturated carbocycles. The average Bonchev–Trinajstić information content (AvgIpc) is 2.97. The highest BCUT2D eigenvalue weighted by Gasteiger charge is 2.54. The summed E-state index contributed by atoms with van der Waals surface area (Å²) in [5, 5.41) is 9.43. The van der Waals surface area contributed by atoms with Crippen LogP contribution in [0.5, 0.6) is 0 Å². The predicted octanol–water partition coefficient (Wildman–Crippen LogP) is 3.12. The fourth-order valence-electron chi connectivity index (χ4n) is 5.92. The third-order valence-electron chi connectivity index (χ3n) is 7.44. The highest BCUT2D eigenvalue weighted by Crippen LogP contribution is 2.51. The molecule has 31 heavy (non-hydrogen) atoms. The number of aromatic amines is 1. The number of pyridine rings is 1. The summed E-state index contributed by atoms with van der Waals surface area (Å²) in [6.07, 6.45) is 4.76. The van der Waals surface area contributed by atoms with Gasteiger partial charge in [0.2, 0.25) is 0 Å². The van der Waals surface area contributed by atoms with E-state index in [0.717, 1.165) is 48.7 Å². The predicted molar refractivity (Wildman–Crippen MR) is 113 cm³/mol. The zero-order valence-corrected chi connectivity index (χ0v) is 17.3. The van der Waals surface area contributed by atoms with Crippen molar-refractivity contribution >= 4 is 11.6 Å². The number of halogens is 2. The Morgan fingerprint density at radius 1 is 1.10 bits per heavy atom. The van der Waals surface area contributed by atoms with E-state index in [0.29, 0.717) is 37.1 Å². The van der Waals surface area contributed by atoms with Crippen LogP contribution in [0, 0.1) is 11.6 Å². The third kappa shape index (κ3) is 3.13. The van der Waals surface area contributed by atoms with E-state index in [9.17, 15) is 23.5 Å². The van der Waals surface area contributed by atoms with Gasteiger partial charge >= 0.3 is 0 Å². The van der Waals surface area contributed by atoms with Gasteiger partial charge in [-0.05, 0) is 68.2 Å². The minimum absolute atomic E-state index is 0.0423. The first-order valence-corrected chi connectivity index (χ1v) is 11.1. The summed E-state index contributed by atoms with van der Waals surface area (Å²) >= 11 is 0. The van der Waals surface area contributed by atoms with E-state index in [2.05, 4.69) is 9.88 Å². The van der Waals surface area contributed by atoms with Gasteiger partial charge in [0.25, 0.3) is 5.56 Å². The number of aryl methyl sites for hydroxylation is 1. The van der Waals surface area contributed by atoms with Crippen molar-refractivity contribution in [2.45, 2.75) is 56.3 Å². The van der Waals surface area contributed by atoms with Gasteiger partial charge in [0.05, 0.1) is 5.41 Å². The molecule has 1 saturated heterocycles. The summed E-state index contributed by atoms with van der Waals surface area (Å²) < 4.78 is 28.8. The molecule has 1 aromatic heterocycles. The molecule has 0 bridgehead atoms. The van der Waals surface area contributed by atoms with Crippen LogP contribution in [0.4, 0.5) is 14.6 Å². The molecule has 1 aliphatic heterocycles. The van der Waals surface area contributed by atoms with Crippen LogP contribution in [0.1, 0.15) is 60.3 Å². The Morgan fingerprint density at radius 3 is 2.58 bits per heavy atom. The van der Waals surface area contributed by atoms with Crippen LogP contribution in [-0.2, 0) is 23.1 Å². The number of aliphatic hydroxyl groups excluding tert-OH is 1. The highest BCUT2D eigenvalue weighted by molar-refractivity contribution is 6.00. The maximum atomic E-state index is 14.9. The van der Waals surface area contributed by atoms with Crippen molar-refractivity contribution in [3.63, 3.8) is 0 Å². The lowest BCUT2D eigenvalue weighted by molar-refractivity contribution is -0.126. The Hall–Kier alpha value is -2.54. The maximum Gasteiger partial charge on any atom is 0.252 e. The number of carbonyl (C=O) groups excluding carboxylic acids is 1. The molecular weight excluding hydrogens is 402 g/mol. The number of aromatic nitrogens is 1. The Kier molecular flexibility index (Phi) is 4.96. The SMILES string of the molecule is O=C1C(CCO)c2cc(F)cc(F)c2C12CCN(c1cc3c(c(=O)[nH]1)CCCC3)CC2. The lowest BCUT2D eigenvalue weighted by Gasteiger charge is -2.40. The Labute approximate surface area is 179 Å². The van der Waals surface area contributed by atoms with Crippen LogP contribution in [0.2, 0.25) is 0 Å². The molecule has 2 N–H and O–H groups in total. The van der Waals surface area contributed by atoms with E-state index < -0.39 is 23.0 Å². The summed E-state index contributed by atoms with van der Waals surface area (Å²) in [7, 11) is 0. The van der Waals surface area contributed by atoms with Gasteiger partial charge < -0.3 is 15.0 Å². The van der Waals surface area contributed by atoms with E-state index in [1.165, 1.54) is 6.07 Å². The van der Waals surface area contributed by atoms with Crippen LogP contribution in [0.15, 0.2) is 23.0 Å². The van der Waals surface area contributed by atoms with E-state index >= 15 is 0 Å². The zero-order chi connectivity index (χ0) is 21.8. The van der Waals surface area contributed by atoms with Gasteiger partial charge in [-0.15, -0.1) is 0 Å². The van der Waals surface area contributed by atoms with Gasteiger partial charge in [0, 0.05) is 42.8 Å². The van der Waals surface area contributed by atoms with Gasteiger partial charge in [-0.1, -0.05) is 0 Å². The average molecular weight is 428 g/mol. The number of hydrogen-bond acceptors (Lipinski definition) is 4. The van der Waals surface area contributed by atoms with Crippen molar-refractivity contribution < 1.29 is 18.7 Å². The molecule has 2 aliphatic carbocycles. The van der Waals surface area contributed by atoms with Gasteiger partial charge in [-0.3, -0.25) is 9.59 Å². The third-order valence-corrected chi connectivity index (χ3v) is 7.44. The first-order chi connectivity index (χ1) is 14.9. The largest absolute Gasteiger partial charge is 0.396 e. The Balaban J connectivity index is 1.47. The van der Waals surface area contributed by atoms with Crippen LogP contribution < -0.4 is 10.5 Å². The summed E-state index contributed by atoms with van der Waals surface area (Å²) in [6.45, 7) is 0.762. The van der Waals surface area contributed by atoms with Crippen molar-refractivity contribution in [1.29, 1.82) is 0 Å². The van der Waals surface area contributed by atoms with Gasteiger partial charge in [0.1, 0.15) is 17.5 Å². The van der Waals surface area contributed by atoms with Crippen LogP contribution in [-0.4, -0.2) is 35.6 Å². The van der Waals surface area contributed by atoms with E-state index in [1.807, 2.05) is 6.07 Å². The second-order valence-corrected chi connectivity index (χ2v) is 9.04. The minimum Gasteiger partial charge on any atom is -0.396 e. The summed E-state index contributed by atoms with van der Waals surface area (Å²) in [5.74, 6) is -1.44. The number of hydrogen-bond donors (Lipinski definition) is 2. The quantitative estimate of drug-likeness (QED) is 0.788. The van der Waals surface area contributed by atoms with Crippen molar-refractivity contribution in [3.05, 3.63) is 62.4 Å². The molecule has 0 amide bonds. The molecule has 1 fully saturated rings. The number of aliphatic hydroxyl groups is 1. The topological polar surface area (TPSA) is 73.4 Å². The van der Waals surface area contributed by atoms with E-state index in [1.54, 1.807) is 0 Å². The summed E-state index contributed by atoms with van der Waals surface area (Å²) in [6, 6.07) is 4.14.